The van der Waals surface area contributed by atoms with Gasteiger partial charge in [0, 0.05) is 8.65 Å². The Bertz CT molecular complexity index is 177. The van der Waals surface area contributed by atoms with Crippen molar-refractivity contribution in [1.29, 1.82) is 0 Å². The minimum absolute atomic E-state index is 0.120. The van der Waals surface area contributed by atoms with Gasteiger partial charge in [-0.3, -0.25) is 0 Å². The van der Waals surface area contributed by atoms with Crippen molar-refractivity contribution in [2.75, 3.05) is 0 Å². The van der Waals surface area contributed by atoms with Crippen LogP contribution in [0.1, 0.15) is 55.4 Å². The SMILES string of the molecule is CC(C)(Br)C(C)(C)C(C)(C)C(C)(C)Br. The highest BCUT2D eigenvalue weighted by molar-refractivity contribution is 9.10. The van der Waals surface area contributed by atoms with Crippen molar-refractivity contribution in [2.24, 2.45) is 10.8 Å². The minimum atomic E-state index is 0.120. The summed E-state index contributed by atoms with van der Waals surface area (Å²) in [5.74, 6) is 0. The standard InChI is InChI=1S/C12H24Br2/c1-9(2,11(5,6)13)10(3,4)12(7,8)14/h1-8H3. The second-order valence-electron chi connectivity index (χ2n) is 6.19. The van der Waals surface area contributed by atoms with Crippen LogP contribution in [0.3, 0.4) is 0 Å². The van der Waals surface area contributed by atoms with Gasteiger partial charge in [-0.2, -0.15) is 0 Å². The fraction of sp³-hybridized carbons (Fsp3) is 1.00. The Morgan fingerprint density at radius 1 is 0.500 bits per heavy atom. The first kappa shape index (κ1) is 15.0. The average Bonchev–Trinajstić information content (AvgIpc) is 1.81. The molecular formula is C12H24Br2. The first-order chi connectivity index (χ1) is 5.75. The minimum Gasteiger partial charge on any atom is -0.0853 e. The summed E-state index contributed by atoms with van der Waals surface area (Å²) in [6, 6.07) is 0. The van der Waals surface area contributed by atoms with Crippen molar-refractivity contribution < 1.29 is 0 Å². The van der Waals surface area contributed by atoms with Gasteiger partial charge in [-0.15, -0.1) is 0 Å². The van der Waals surface area contributed by atoms with Crippen LogP contribution in [0.2, 0.25) is 0 Å². The van der Waals surface area contributed by atoms with E-state index in [1.165, 1.54) is 0 Å². The monoisotopic (exact) mass is 326 g/mol. The lowest BCUT2D eigenvalue weighted by atomic mass is 9.57. The van der Waals surface area contributed by atoms with E-state index in [2.05, 4.69) is 87.2 Å². The summed E-state index contributed by atoms with van der Waals surface area (Å²) in [6.45, 7) is 18.3. The summed E-state index contributed by atoms with van der Waals surface area (Å²) in [5.41, 5.74) is 0.375. The lowest BCUT2D eigenvalue weighted by Crippen LogP contribution is -2.53. The third-order valence-corrected chi connectivity index (χ3v) is 6.52. The number of hydrogen-bond acceptors (Lipinski definition) is 0. The van der Waals surface area contributed by atoms with Gasteiger partial charge in [0.2, 0.25) is 0 Å². The second kappa shape index (κ2) is 3.76. The highest BCUT2D eigenvalue weighted by Crippen LogP contribution is 2.57. The summed E-state index contributed by atoms with van der Waals surface area (Å²) < 4.78 is 0.239. The fourth-order valence-corrected chi connectivity index (χ4v) is 2.48. The van der Waals surface area contributed by atoms with E-state index in [1.807, 2.05) is 0 Å². The molecule has 0 aliphatic heterocycles. The van der Waals surface area contributed by atoms with Crippen LogP contribution in [-0.2, 0) is 0 Å². The molecule has 86 valence electrons. The maximum atomic E-state index is 3.81. The molecule has 0 nitrogen and oxygen atoms in total. The molecule has 0 bridgehead atoms. The molecule has 0 atom stereocenters. The maximum Gasteiger partial charge on any atom is 0.0258 e. The zero-order valence-electron chi connectivity index (χ0n) is 10.8. The number of rotatable bonds is 3. The highest BCUT2D eigenvalue weighted by atomic mass is 79.9. The normalized spacial score (nSPS) is 15.9. The van der Waals surface area contributed by atoms with E-state index in [1.54, 1.807) is 0 Å². The van der Waals surface area contributed by atoms with Crippen LogP contribution in [-0.4, -0.2) is 8.65 Å². The van der Waals surface area contributed by atoms with Gasteiger partial charge in [0.15, 0.2) is 0 Å². The quantitative estimate of drug-likeness (QED) is 0.610. The average molecular weight is 328 g/mol. The molecule has 0 N–H and O–H groups in total. The van der Waals surface area contributed by atoms with E-state index in [0.29, 0.717) is 0 Å². The Hall–Kier alpha value is 0.960. The molecule has 0 heterocycles. The van der Waals surface area contributed by atoms with Crippen molar-refractivity contribution in [1.82, 2.24) is 0 Å². The van der Waals surface area contributed by atoms with Crippen LogP contribution in [0.15, 0.2) is 0 Å². The Balaban J connectivity index is 5.30. The van der Waals surface area contributed by atoms with Crippen LogP contribution < -0.4 is 0 Å². The van der Waals surface area contributed by atoms with E-state index in [4.69, 9.17) is 0 Å². The smallest absolute Gasteiger partial charge is 0.0258 e. The summed E-state index contributed by atoms with van der Waals surface area (Å²) in [7, 11) is 0. The molecular weight excluding hydrogens is 304 g/mol. The van der Waals surface area contributed by atoms with Gasteiger partial charge in [0.05, 0.1) is 0 Å². The van der Waals surface area contributed by atoms with E-state index >= 15 is 0 Å². The van der Waals surface area contributed by atoms with Crippen molar-refractivity contribution in [3.63, 3.8) is 0 Å². The maximum absolute atomic E-state index is 3.81. The van der Waals surface area contributed by atoms with Gasteiger partial charge in [-0.05, 0) is 38.5 Å². The number of alkyl halides is 2. The van der Waals surface area contributed by atoms with Crippen molar-refractivity contribution >= 4 is 31.9 Å². The van der Waals surface area contributed by atoms with Crippen LogP contribution in [0.5, 0.6) is 0 Å². The Morgan fingerprint density at radius 3 is 0.714 bits per heavy atom. The molecule has 0 rings (SSSR count). The van der Waals surface area contributed by atoms with Gasteiger partial charge in [0.25, 0.3) is 0 Å². The molecule has 0 amide bonds. The van der Waals surface area contributed by atoms with E-state index in [9.17, 15) is 0 Å². The Kier molecular flexibility index (Phi) is 4.02. The molecule has 0 spiro atoms. The van der Waals surface area contributed by atoms with E-state index in [-0.39, 0.29) is 19.5 Å². The summed E-state index contributed by atoms with van der Waals surface area (Å²) >= 11 is 7.62. The predicted molar refractivity (Wildman–Crippen MR) is 73.6 cm³/mol. The molecule has 0 saturated carbocycles. The largest absolute Gasteiger partial charge is 0.0853 e. The lowest BCUT2D eigenvalue weighted by molar-refractivity contribution is 0.0499. The zero-order valence-corrected chi connectivity index (χ0v) is 13.9. The lowest BCUT2D eigenvalue weighted by Gasteiger charge is -2.55. The summed E-state index contributed by atoms with van der Waals surface area (Å²) in [4.78, 5) is 0. The molecule has 0 aliphatic carbocycles. The van der Waals surface area contributed by atoms with Crippen LogP contribution in [0.25, 0.3) is 0 Å². The summed E-state index contributed by atoms with van der Waals surface area (Å²) in [5, 5.41) is 0. The predicted octanol–water partition coefficient (Wildman–Crippen LogP) is 5.39. The number of halogens is 2. The van der Waals surface area contributed by atoms with Crippen molar-refractivity contribution in [3.05, 3.63) is 0 Å². The molecule has 0 fully saturated rings. The molecule has 0 radical (unpaired) electrons. The second-order valence-corrected chi connectivity index (χ2v) is 10.2. The molecule has 0 aromatic carbocycles. The molecule has 14 heavy (non-hydrogen) atoms. The topological polar surface area (TPSA) is 0 Å². The van der Waals surface area contributed by atoms with Gasteiger partial charge in [0.1, 0.15) is 0 Å². The highest BCUT2D eigenvalue weighted by Gasteiger charge is 2.52. The van der Waals surface area contributed by atoms with Gasteiger partial charge in [-0.25, -0.2) is 0 Å². The fourth-order valence-electron chi connectivity index (χ4n) is 1.49. The summed E-state index contributed by atoms with van der Waals surface area (Å²) in [6.07, 6.45) is 0. The molecule has 0 aliphatic rings. The third kappa shape index (κ3) is 2.37. The van der Waals surface area contributed by atoms with Gasteiger partial charge in [-0.1, -0.05) is 59.6 Å². The Labute approximate surface area is 106 Å². The number of hydrogen-bond donors (Lipinski definition) is 0. The van der Waals surface area contributed by atoms with Crippen molar-refractivity contribution in [2.45, 2.75) is 64.0 Å². The first-order valence-corrected chi connectivity index (χ1v) is 6.71. The van der Waals surface area contributed by atoms with Gasteiger partial charge >= 0.3 is 0 Å². The van der Waals surface area contributed by atoms with Crippen LogP contribution >= 0.6 is 31.9 Å². The first-order valence-electron chi connectivity index (χ1n) is 5.13. The van der Waals surface area contributed by atoms with E-state index in [0.717, 1.165) is 0 Å². The third-order valence-electron chi connectivity index (χ3n) is 4.53. The molecule has 0 saturated heterocycles. The van der Waals surface area contributed by atoms with Crippen LogP contribution in [0, 0.1) is 10.8 Å². The van der Waals surface area contributed by atoms with Crippen molar-refractivity contribution in [3.8, 4) is 0 Å². The molecule has 0 aromatic heterocycles. The Morgan fingerprint density at radius 2 is 0.643 bits per heavy atom. The van der Waals surface area contributed by atoms with E-state index < -0.39 is 0 Å². The van der Waals surface area contributed by atoms with Crippen LogP contribution in [0.4, 0.5) is 0 Å². The zero-order chi connectivity index (χ0) is 12.0. The molecule has 0 unspecified atom stereocenters. The van der Waals surface area contributed by atoms with Gasteiger partial charge < -0.3 is 0 Å². The molecule has 2 heteroatoms. The molecule has 0 aromatic rings.